The Balaban J connectivity index is 1.75. The molecule has 3 rings (SSSR count). The van der Waals surface area contributed by atoms with Crippen molar-refractivity contribution in [2.75, 3.05) is 13.2 Å². The van der Waals surface area contributed by atoms with Crippen molar-refractivity contribution in [1.82, 2.24) is 10.6 Å². The summed E-state index contributed by atoms with van der Waals surface area (Å²) < 4.78 is 0. The van der Waals surface area contributed by atoms with Gasteiger partial charge in [-0.15, -0.1) is 0 Å². The number of carbonyl (C=O) groups excluding carboxylic acids is 1. The van der Waals surface area contributed by atoms with E-state index >= 15 is 0 Å². The first kappa shape index (κ1) is 12.4. The second kappa shape index (κ2) is 4.79. The lowest BCUT2D eigenvalue weighted by atomic mass is 9.96. The van der Waals surface area contributed by atoms with Gasteiger partial charge in [0.15, 0.2) is 0 Å². The minimum absolute atomic E-state index is 0.0378. The van der Waals surface area contributed by atoms with Gasteiger partial charge in [0.05, 0.1) is 12.1 Å². The van der Waals surface area contributed by atoms with Crippen molar-refractivity contribution in [1.29, 1.82) is 0 Å². The van der Waals surface area contributed by atoms with Gasteiger partial charge >= 0.3 is 0 Å². The van der Waals surface area contributed by atoms with Crippen LogP contribution in [0.4, 0.5) is 0 Å². The largest absolute Gasteiger partial charge is 0.394 e. The van der Waals surface area contributed by atoms with Crippen molar-refractivity contribution in [3.05, 3.63) is 47.5 Å². The van der Waals surface area contributed by atoms with Crippen LogP contribution in [0, 0.1) is 0 Å². The Hall–Kier alpha value is -1.65. The lowest BCUT2D eigenvalue weighted by molar-refractivity contribution is -0.124. The number of benzene rings is 1. The molecule has 4 heteroatoms. The molecule has 0 saturated heterocycles. The molecule has 0 unspecified atom stereocenters. The summed E-state index contributed by atoms with van der Waals surface area (Å²) in [5.74, 6) is -0.0596. The number of hydrogen-bond acceptors (Lipinski definition) is 3. The topological polar surface area (TPSA) is 61.4 Å². The third-order valence-corrected chi connectivity index (χ3v) is 3.93. The van der Waals surface area contributed by atoms with Gasteiger partial charge in [-0.05, 0) is 24.0 Å². The standard InChI is InChI=1S/C15H18N2O2/c18-10-15(17-14(19)13-6-3-7-16-13)8-11-4-1-2-5-12(11)9-15/h1-6,13,16,18H,7-10H2,(H,17,19)/t13-/m0/s1. The first-order valence-corrected chi connectivity index (χ1v) is 6.62. The van der Waals surface area contributed by atoms with E-state index < -0.39 is 5.54 Å². The zero-order valence-electron chi connectivity index (χ0n) is 10.7. The molecule has 19 heavy (non-hydrogen) atoms. The summed E-state index contributed by atoms with van der Waals surface area (Å²) >= 11 is 0. The molecule has 1 aromatic carbocycles. The quantitative estimate of drug-likeness (QED) is 0.677. The Morgan fingerprint density at radius 1 is 1.37 bits per heavy atom. The Morgan fingerprint density at radius 3 is 2.58 bits per heavy atom. The summed E-state index contributed by atoms with van der Waals surface area (Å²) in [6.45, 7) is 0.689. The molecule has 100 valence electrons. The minimum atomic E-state index is -0.543. The van der Waals surface area contributed by atoms with Crippen LogP contribution in [0.5, 0.6) is 0 Å². The maximum absolute atomic E-state index is 12.2. The predicted molar refractivity (Wildman–Crippen MR) is 72.7 cm³/mol. The van der Waals surface area contributed by atoms with Crippen LogP contribution in [0.15, 0.2) is 36.4 Å². The van der Waals surface area contributed by atoms with Gasteiger partial charge in [-0.3, -0.25) is 10.1 Å². The summed E-state index contributed by atoms with van der Waals surface area (Å²) in [5.41, 5.74) is 1.89. The normalized spacial score (nSPS) is 23.3. The smallest absolute Gasteiger partial charge is 0.241 e. The van der Waals surface area contributed by atoms with Crippen LogP contribution in [0.3, 0.4) is 0 Å². The molecule has 4 nitrogen and oxygen atoms in total. The van der Waals surface area contributed by atoms with Gasteiger partial charge in [0.2, 0.25) is 5.91 Å². The van der Waals surface area contributed by atoms with E-state index in [4.69, 9.17) is 0 Å². The molecule has 0 bridgehead atoms. The molecular weight excluding hydrogens is 240 g/mol. The molecule has 2 aliphatic rings. The van der Waals surface area contributed by atoms with Crippen LogP contribution >= 0.6 is 0 Å². The van der Waals surface area contributed by atoms with E-state index in [0.29, 0.717) is 12.8 Å². The van der Waals surface area contributed by atoms with Crippen molar-refractivity contribution in [3.63, 3.8) is 0 Å². The zero-order valence-corrected chi connectivity index (χ0v) is 10.7. The van der Waals surface area contributed by atoms with Crippen molar-refractivity contribution < 1.29 is 9.90 Å². The fourth-order valence-electron chi connectivity index (χ4n) is 2.92. The summed E-state index contributed by atoms with van der Waals surface area (Å²) in [5, 5.41) is 15.8. The monoisotopic (exact) mass is 258 g/mol. The van der Waals surface area contributed by atoms with E-state index in [1.54, 1.807) is 0 Å². The molecule has 1 aliphatic carbocycles. The third kappa shape index (κ3) is 2.29. The van der Waals surface area contributed by atoms with Crippen molar-refractivity contribution in [2.24, 2.45) is 0 Å². The first-order valence-electron chi connectivity index (χ1n) is 6.62. The highest BCUT2D eigenvalue weighted by Crippen LogP contribution is 2.29. The van der Waals surface area contributed by atoms with E-state index in [1.807, 2.05) is 24.3 Å². The lowest BCUT2D eigenvalue weighted by Crippen LogP contribution is -2.56. The summed E-state index contributed by atoms with van der Waals surface area (Å²) in [4.78, 5) is 12.2. The van der Waals surface area contributed by atoms with Crippen LogP contribution in [-0.4, -0.2) is 35.7 Å². The maximum Gasteiger partial charge on any atom is 0.241 e. The fourth-order valence-corrected chi connectivity index (χ4v) is 2.92. The first-order chi connectivity index (χ1) is 9.22. The number of hydrogen-bond donors (Lipinski definition) is 3. The van der Waals surface area contributed by atoms with Crippen LogP contribution in [0.1, 0.15) is 11.1 Å². The van der Waals surface area contributed by atoms with Gasteiger partial charge < -0.3 is 10.4 Å². The highest BCUT2D eigenvalue weighted by Gasteiger charge is 2.39. The van der Waals surface area contributed by atoms with Crippen LogP contribution in [-0.2, 0) is 17.6 Å². The number of carbonyl (C=O) groups is 1. The predicted octanol–water partition coefficient (Wildman–Crippen LogP) is 0.160. The highest BCUT2D eigenvalue weighted by atomic mass is 16.3. The number of rotatable bonds is 3. The van der Waals surface area contributed by atoms with E-state index in [0.717, 1.165) is 6.54 Å². The second-order valence-corrected chi connectivity index (χ2v) is 5.36. The number of amides is 1. The molecule has 1 atom stereocenters. The second-order valence-electron chi connectivity index (χ2n) is 5.36. The summed E-state index contributed by atoms with van der Waals surface area (Å²) in [6.07, 6.45) is 5.20. The molecule has 1 aliphatic heterocycles. The molecule has 1 aromatic rings. The Kier molecular flexibility index (Phi) is 3.12. The van der Waals surface area contributed by atoms with Gasteiger partial charge in [0, 0.05) is 6.54 Å². The fraction of sp³-hybridized carbons (Fsp3) is 0.400. The van der Waals surface area contributed by atoms with E-state index in [-0.39, 0.29) is 18.6 Å². The molecule has 3 N–H and O–H groups in total. The van der Waals surface area contributed by atoms with E-state index in [1.165, 1.54) is 11.1 Å². The van der Waals surface area contributed by atoms with Crippen molar-refractivity contribution in [2.45, 2.75) is 24.4 Å². The van der Waals surface area contributed by atoms with Gasteiger partial charge in [0.1, 0.15) is 6.04 Å². The molecule has 0 saturated carbocycles. The average Bonchev–Trinajstić information content (AvgIpc) is 3.06. The average molecular weight is 258 g/mol. The van der Waals surface area contributed by atoms with Crippen molar-refractivity contribution in [3.8, 4) is 0 Å². The van der Waals surface area contributed by atoms with Crippen LogP contribution in [0.2, 0.25) is 0 Å². The van der Waals surface area contributed by atoms with Crippen LogP contribution in [0.25, 0.3) is 0 Å². The Morgan fingerprint density at radius 2 is 2.05 bits per heavy atom. The van der Waals surface area contributed by atoms with Gasteiger partial charge in [-0.1, -0.05) is 36.4 Å². The molecule has 0 aromatic heterocycles. The minimum Gasteiger partial charge on any atom is -0.394 e. The number of aliphatic hydroxyl groups is 1. The van der Waals surface area contributed by atoms with Gasteiger partial charge in [-0.25, -0.2) is 0 Å². The number of fused-ring (bicyclic) bond motifs is 1. The maximum atomic E-state index is 12.2. The molecule has 1 amide bonds. The Labute approximate surface area is 112 Å². The highest BCUT2D eigenvalue weighted by molar-refractivity contribution is 5.85. The van der Waals surface area contributed by atoms with Crippen LogP contribution < -0.4 is 10.6 Å². The molecular formula is C15H18N2O2. The van der Waals surface area contributed by atoms with Gasteiger partial charge in [-0.2, -0.15) is 0 Å². The van der Waals surface area contributed by atoms with Crippen molar-refractivity contribution >= 4 is 5.91 Å². The number of nitrogens with one attached hydrogen (secondary N) is 2. The molecule has 0 radical (unpaired) electrons. The van der Waals surface area contributed by atoms with E-state index in [9.17, 15) is 9.90 Å². The summed E-state index contributed by atoms with van der Waals surface area (Å²) in [6, 6.07) is 7.84. The Bertz CT molecular complexity index is 500. The van der Waals surface area contributed by atoms with Gasteiger partial charge in [0.25, 0.3) is 0 Å². The molecule has 0 spiro atoms. The molecule has 0 fully saturated rings. The third-order valence-electron chi connectivity index (χ3n) is 3.93. The lowest BCUT2D eigenvalue weighted by Gasteiger charge is -2.29. The summed E-state index contributed by atoms with van der Waals surface area (Å²) in [7, 11) is 0. The zero-order chi connectivity index (χ0) is 13.3. The van der Waals surface area contributed by atoms with E-state index in [2.05, 4.69) is 22.8 Å². The number of aliphatic hydroxyl groups excluding tert-OH is 1. The molecule has 1 heterocycles. The SMILES string of the molecule is O=C(NC1(CO)Cc2ccccc2C1)[C@@H]1C=CCN1.